The van der Waals surface area contributed by atoms with Crippen molar-refractivity contribution in [3.8, 4) is 11.1 Å². The van der Waals surface area contributed by atoms with Crippen LogP contribution in [0.15, 0.2) is 36.7 Å². The van der Waals surface area contributed by atoms with Gasteiger partial charge in [0.2, 0.25) is 0 Å². The maximum absolute atomic E-state index is 13.0. The third-order valence-electron chi connectivity index (χ3n) is 5.55. The fraction of sp³-hybridized carbons (Fsp3) is 0.500. The van der Waals surface area contributed by atoms with E-state index in [2.05, 4.69) is 10.00 Å². The van der Waals surface area contributed by atoms with Gasteiger partial charge in [-0.15, -0.1) is 0 Å². The van der Waals surface area contributed by atoms with Crippen LogP contribution < -0.4 is 0 Å². The molecule has 0 aliphatic carbocycles. The van der Waals surface area contributed by atoms with Gasteiger partial charge in [-0.3, -0.25) is 14.4 Å². The Hall–Kier alpha value is -2.18. The molecule has 0 bridgehead atoms. The van der Waals surface area contributed by atoms with Crippen LogP contribution in [0.2, 0.25) is 0 Å². The highest BCUT2D eigenvalue weighted by atomic mass is 16.3. The second-order valence-corrected chi connectivity index (χ2v) is 7.42. The van der Waals surface area contributed by atoms with Crippen LogP contribution >= 0.6 is 0 Å². The van der Waals surface area contributed by atoms with E-state index >= 15 is 0 Å². The number of aliphatic hydroxyl groups is 1. The van der Waals surface area contributed by atoms with Gasteiger partial charge in [-0.1, -0.05) is 18.6 Å². The minimum Gasteiger partial charge on any atom is -0.390 e. The number of benzene rings is 1. The molecular weight excluding hydrogens is 328 g/mol. The number of amides is 1. The number of piperidine rings is 1. The zero-order chi connectivity index (χ0) is 18.1. The highest BCUT2D eigenvalue weighted by Crippen LogP contribution is 2.24. The quantitative estimate of drug-likeness (QED) is 0.912. The van der Waals surface area contributed by atoms with E-state index in [0.717, 1.165) is 24.2 Å². The van der Waals surface area contributed by atoms with Crippen LogP contribution in [0.3, 0.4) is 0 Å². The Kier molecular flexibility index (Phi) is 4.78. The maximum Gasteiger partial charge on any atom is 0.254 e. The number of hydrogen-bond donors (Lipinski definition) is 1. The number of aryl methyl sites for hydroxylation is 1. The Labute approximate surface area is 154 Å². The van der Waals surface area contributed by atoms with Crippen molar-refractivity contribution in [2.45, 2.75) is 31.4 Å². The van der Waals surface area contributed by atoms with Gasteiger partial charge in [0, 0.05) is 37.5 Å². The molecule has 2 aliphatic heterocycles. The third-order valence-corrected chi connectivity index (χ3v) is 5.55. The fourth-order valence-corrected chi connectivity index (χ4v) is 4.13. The van der Waals surface area contributed by atoms with Crippen LogP contribution in [-0.2, 0) is 7.05 Å². The Morgan fingerprint density at radius 1 is 1.15 bits per heavy atom. The van der Waals surface area contributed by atoms with Gasteiger partial charge in [-0.25, -0.2) is 0 Å². The summed E-state index contributed by atoms with van der Waals surface area (Å²) < 4.78 is 1.75. The summed E-state index contributed by atoms with van der Waals surface area (Å²) in [5, 5.41) is 14.7. The van der Waals surface area contributed by atoms with E-state index in [9.17, 15) is 9.90 Å². The molecule has 0 spiro atoms. The summed E-state index contributed by atoms with van der Waals surface area (Å²) in [6.07, 6.45) is 6.92. The van der Waals surface area contributed by atoms with Crippen molar-refractivity contribution in [1.29, 1.82) is 0 Å². The number of aromatic nitrogens is 2. The number of β-amino-alcohol motifs (C(OH)–C–C–N with tert-alkyl or cyclic N) is 1. The first-order valence-electron chi connectivity index (χ1n) is 9.42. The number of likely N-dealkylation sites (tertiary alicyclic amines) is 2. The van der Waals surface area contributed by atoms with E-state index in [1.54, 1.807) is 15.8 Å². The third kappa shape index (κ3) is 3.39. The summed E-state index contributed by atoms with van der Waals surface area (Å²) in [6, 6.07) is 7.73. The average molecular weight is 354 g/mol. The Morgan fingerprint density at radius 2 is 1.96 bits per heavy atom. The van der Waals surface area contributed by atoms with Crippen molar-refractivity contribution in [2.24, 2.45) is 7.05 Å². The van der Waals surface area contributed by atoms with Gasteiger partial charge in [-0.05, 0) is 43.6 Å². The highest BCUT2D eigenvalue weighted by molar-refractivity contribution is 5.95. The van der Waals surface area contributed by atoms with Crippen LogP contribution in [0.25, 0.3) is 11.1 Å². The molecular formula is C20H26N4O2. The molecule has 0 radical (unpaired) electrons. The lowest BCUT2D eigenvalue weighted by molar-refractivity contribution is 0.0702. The second kappa shape index (κ2) is 7.21. The van der Waals surface area contributed by atoms with Crippen molar-refractivity contribution in [3.05, 3.63) is 42.2 Å². The topological polar surface area (TPSA) is 61.6 Å². The largest absolute Gasteiger partial charge is 0.390 e. The highest BCUT2D eigenvalue weighted by Gasteiger charge is 2.38. The minimum atomic E-state index is -0.460. The van der Waals surface area contributed by atoms with Crippen LogP contribution in [0, 0.1) is 0 Å². The van der Waals surface area contributed by atoms with Gasteiger partial charge in [0.1, 0.15) is 0 Å². The summed E-state index contributed by atoms with van der Waals surface area (Å²) in [4.78, 5) is 17.1. The summed E-state index contributed by atoms with van der Waals surface area (Å²) in [5.74, 6) is -0.00528. The van der Waals surface area contributed by atoms with Gasteiger partial charge in [0.05, 0.1) is 18.3 Å². The molecule has 138 valence electrons. The second-order valence-electron chi connectivity index (χ2n) is 7.42. The number of carbonyl (C=O) groups excluding carboxylic acids is 1. The van der Waals surface area contributed by atoms with Gasteiger partial charge < -0.3 is 10.0 Å². The first-order valence-corrected chi connectivity index (χ1v) is 9.42. The number of hydrogen-bond acceptors (Lipinski definition) is 4. The number of carbonyl (C=O) groups is 1. The molecule has 1 aromatic heterocycles. The molecule has 3 heterocycles. The Bertz CT molecular complexity index is 782. The van der Waals surface area contributed by atoms with Crippen molar-refractivity contribution in [1.82, 2.24) is 19.6 Å². The van der Waals surface area contributed by atoms with Crippen molar-refractivity contribution in [2.75, 3.05) is 26.2 Å². The van der Waals surface area contributed by atoms with Gasteiger partial charge in [0.25, 0.3) is 5.91 Å². The van der Waals surface area contributed by atoms with Crippen LogP contribution in [-0.4, -0.2) is 68.9 Å². The molecule has 1 aromatic carbocycles. The Balaban J connectivity index is 1.49. The zero-order valence-electron chi connectivity index (χ0n) is 15.2. The monoisotopic (exact) mass is 354 g/mol. The molecule has 6 heteroatoms. The molecule has 6 nitrogen and oxygen atoms in total. The molecule has 2 aliphatic rings. The van der Waals surface area contributed by atoms with Crippen molar-refractivity contribution in [3.63, 3.8) is 0 Å². The first kappa shape index (κ1) is 17.2. The molecule has 0 unspecified atom stereocenters. The SMILES string of the molecule is Cn1cc(-c2cccc(C(=O)N3C[C@H](O)[C@@H](N4CCCCC4)C3)c2)cn1. The molecule has 2 aromatic rings. The maximum atomic E-state index is 13.0. The van der Waals surface area contributed by atoms with Gasteiger partial charge in [0.15, 0.2) is 0 Å². The summed E-state index contributed by atoms with van der Waals surface area (Å²) in [5.41, 5.74) is 2.64. The normalized spacial score (nSPS) is 24.2. The molecule has 0 saturated carbocycles. The van der Waals surface area contributed by atoms with E-state index in [1.807, 2.05) is 37.5 Å². The van der Waals surface area contributed by atoms with Crippen LogP contribution in [0.1, 0.15) is 29.6 Å². The zero-order valence-corrected chi connectivity index (χ0v) is 15.2. The fourth-order valence-electron chi connectivity index (χ4n) is 4.13. The predicted molar refractivity (Wildman–Crippen MR) is 99.8 cm³/mol. The molecule has 4 rings (SSSR count). The number of nitrogens with zero attached hydrogens (tertiary/aromatic N) is 4. The first-order chi connectivity index (χ1) is 12.6. The molecule has 2 fully saturated rings. The minimum absolute atomic E-state index is 0.00528. The smallest absolute Gasteiger partial charge is 0.254 e. The number of aliphatic hydroxyl groups excluding tert-OH is 1. The summed E-state index contributed by atoms with van der Waals surface area (Å²) in [7, 11) is 1.88. The standard InChI is InChI=1S/C20H26N4O2/c1-22-12-17(11-21-22)15-6-5-7-16(10-15)20(26)24-13-18(19(25)14-24)23-8-3-2-4-9-23/h5-7,10-12,18-19,25H,2-4,8-9,13-14H2,1H3/t18-,19-/m0/s1. The van der Waals surface area contributed by atoms with Crippen LogP contribution in [0.5, 0.6) is 0 Å². The molecule has 1 amide bonds. The van der Waals surface area contributed by atoms with Crippen LogP contribution in [0.4, 0.5) is 0 Å². The van der Waals surface area contributed by atoms with E-state index in [1.165, 1.54) is 19.3 Å². The molecule has 2 atom stereocenters. The lowest BCUT2D eigenvalue weighted by Gasteiger charge is -2.33. The predicted octanol–water partition coefficient (Wildman–Crippen LogP) is 1.76. The lowest BCUT2D eigenvalue weighted by atomic mass is 10.1. The van der Waals surface area contributed by atoms with E-state index in [-0.39, 0.29) is 11.9 Å². The van der Waals surface area contributed by atoms with Crippen molar-refractivity contribution < 1.29 is 9.90 Å². The number of rotatable bonds is 3. The van der Waals surface area contributed by atoms with E-state index < -0.39 is 6.10 Å². The lowest BCUT2D eigenvalue weighted by Crippen LogP contribution is -2.46. The van der Waals surface area contributed by atoms with Crippen molar-refractivity contribution >= 4 is 5.91 Å². The molecule has 1 N–H and O–H groups in total. The summed E-state index contributed by atoms with van der Waals surface area (Å²) >= 11 is 0. The van der Waals surface area contributed by atoms with E-state index in [4.69, 9.17) is 0 Å². The van der Waals surface area contributed by atoms with E-state index in [0.29, 0.717) is 18.7 Å². The average Bonchev–Trinajstić information content (AvgIpc) is 3.28. The van der Waals surface area contributed by atoms with Gasteiger partial charge >= 0.3 is 0 Å². The Morgan fingerprint density at radius 3 is 2.69 bits per heavy atom. The molecule has 26 heavy (non-hydrogen) atoms. The van der Waals surface area contributed by atoms with Gasteiger partial charge in [-0.2, -0.15) is 5.10 Å². The molecule has 2 saturated heterocycles. The summed E-state index contributed by atoms with van der Waals surface area (Å²) in [6.45, 7) is 3.08.